The van der Waals surface area contributed by atoms with Gasteiger partial charge >= 0.3 is 0 Å². The molecule has 7 heteroatoms. The van der Waals surface area contributed by atoms with E-state index in [2.05, 4.69) is 15.0 Å². The van der Waals surface area contributed by atoms with Crippen LogP contribution in [0.5, 0.6) is 0 Å². The third-order valence-corrected chi connectivity index (χ3v) is 4.72. The molecule has 0 aliphatic heterocycles. The molecule has 5 aromatic rings. The molecular weight excluding hydrogens is 357 g/mol. The Morgan fingerprint density at radius 1 is 1.00 bits per heavy atom. The first-order chi connectivity index (χ1) is 13.7. The van der Waals surface area contributed by atoms with Crippen LogP contribution in [0.25, 0.3) is 27.7 Å². The summed E-state index contributed by atoms with van der Waals surface area (Å²) in [5.74, 6) is -0.378. The van der Waals surface area contributed by atoms with Crippen LogP contribution >= 0.6 is 0 Å². The van der Waals surface area contributed by atoms with Crippen molar-refractivity contribution >= 4 is 16.6 Å². The fourth-order valence-electron chi connectivity index (χ4n) is 3.23. The summed E-state index contributed by atoms with van der Waals surface area (Å²) in [6, 6.07) is 12.3. The Kier molecular flexibility index (Phi) is 3.72. The summed E-state index contributed by atoms with van der Waals surface area (Å²) in [6.07, 6.45) is 8.34. The standard InChI is InChI=1S/C21H14FN5O/c22-18-8-14(15-5-6-17-9-23-12-26(17)10-15)3-4-16(18)11-27-13-25-19-2-1-7-24-20(19)21(27)28/h1-10,12-13H,11H2. The summed E-state index contributed by atoms with van der Waals surface area (Å²) < 4.78 is 18.0. The average Bonchev–Trinajstić information content (AvgIpc) is 3.19. The van der Waals surface area contributed by atoms with Crippen LogP contribution in [0.4, 0.5) is 4.39 Å². The van der Waals surface area contributed by atoms with Crippen molar-refractivity contribution in [2.24, 2.45) is 0 Å². The molecule has 0 saturated heterocycles. The van der Waals surface area contributed by atoms with Crippen LogP contribution in [-0.2, 0) is 6.54 Å². The Labute approximate surface area is 158 Å². The van der Waals surface area contributed by atoms with Crippen molar-refractivity contribution in [2.45, 2.75) is 6.54 Å². The molecule has 1 aromatic carbocycles. The third kappa shape index (κ3) is 2.73. The summed E-state index contributed by atoms with van der Waals surface area (Å²) in [7, 11) is 0. The van der Waals surface area contributed by atoms with Gasteiger partial charge in [0.1, 0.15) is 5.82 Å². The summed E-state index contributed by atoms with van der Waals surface area (Å²) in [4.78, 5) is 25.0. The van der Waals surface area contributed by atoms with E-state index in [1.54, 1.807) is 36.9 Å². The molecule has 0 aliphatic carbocycles. The summed E-state index contributed by atoms with van der Waals surface area (Å²) in [5.41, 5.74) is 3.52. The Bertz CT molecular complexity index is 1390. The van der Waals surface area contributed by atoms with Gasteiger partial charge in [-0.2, -0.15) is 0 Å². The third-order valence-electron chi connectivity index (χ3n) is 4.72. The number of hydrogen-bond donors (Lipinski definition) is 0. The van der Waals surface area contributed by atoms with Gasteiger partial charge in [0, 0.05) is 18.0 Å². The highest BCUT2D eigenvalue weighted by atomic mass is 19.1. The minimum Gasteiger partial charge on any atom is -0.306 e. The molecule has 28 heavy (non-hydrogen) atoms. The van der Waals surface area contributed by atoms with Crippen LogP contribution < -0.4 is 5.56 Å². The lowest BCUT2D eigenvalue weighted by molar-refractivity contribution is 0.595. The van der Waals surface area contributed by atoms with Gasteiger partial charge in [0.05, 0.1) is 36.4 Å². The number of rotatable bonds is 3. The number of imidazole rings is 1. The molecule has 0 bridgehead atoms. The number of fused-ring (bicyclic) bond motifs is 2. The van der Waals surface area contributed by atoms with Crippen molar-refractivity contribution in [3.8, 4) is 11.1 Å². The molecule has 0 unspecified atom stereocenters. The molecule has 4 heterocycles. The van der Waals surface area contributed by atoms with E-state index in [0.717, 1.165) is 16.6 Å². The fraction of sp³-hybridized carbons (Fsp3) is 0.0476. The maximum atomic E-state index is 14.8. The van der Waals surface area contributed by atoms with Crippen LogP contribution in [0.3, 0.4) is 0 Å². The molecule has 0 N–H and O–H groups in total. The first kappa shape index (κ1) is 16.3. The van der Waals surface area contributed by atoms with Crippen molar-refractivity contribution in [1.82, 2.24) is 23.9 Å². The second-order valence-corrected chi connectivity index (χ2v) is 6.50. The van der Waals surface area contributed by atoms with Crippen LogP contribution in [-0.4, -0.2) is 23.9 Å². The molecule has 0 saturated carbocycles. The van der Waals surface area contributed by atoms with E-state index in [-0.39, 0.29) is 23.4 Å². The van der Waals surface area contributed by atoms with Gasteiger partial charge in [-0.05, 0) is 35.4 Å². The molecule has 0 fully saturated rings. The zero-order chi connectivity index (χ0) is 19.1. The van der Waals surface area contributed by atoms with Gasteiger partial charge in [0.2, 0.25) is 0 Å². The molecule has 5 rings (SSSR count). The van der Waals surface area contributed by atoms with Crippen molar-refractivity contribution in [2.75, 3.05) is 0 Å². The van der Waals surface area contributed by atoms with E-state index < -0.39 is 0 Å². The Balaban J connectivity index is 1.50. The summed E-state index contributed by atoms with van der Waals surface area (Å²) >= 11 is 0. The predicted molar refractivity (Wildman–Crippen MR) is 103 cm³/mol. The number of hydrogen-bond acceptors (Lipinski definition) is 4. The lowest BCUT2D eigenvalue weighted by atomic mass is 10.0. The Morgan fingerprint density at radius 2 is 1.89 bits per heavy atom. The normalized spacial score (nSPS) is 11.3. The van der Waals surface area contributed by atoms with E-state index in [0.29, 0.717) is 11.1 Å². The van der Waals surface area contributed by atoms with E-state index >= 15 is 0 Å². The second-order valence-electron chi connectivity index (χ2n) is 6.50. The number of nitrogens with zero attached hydrogens (tertiary/aromatic N) is 5. The van der Waals surface area contributed by atoms with Crippen LogP contribution in [0, 0.1) is 5.82 Å². The summed E-state index contributed by atoms with van der Waals surface area (Å²) in [5, 5.41) is 0. The highest BCUT2D eigenvalue weighted by Gasteiger charge is 2.10. The van der Waals surface area contributed by atoms with Gasteiger partial charge in [-0.25, -0.2) is 19.3 Å². The molecule has 0 aliphatic rings. The lowest BCUT2D eigenvalue weighted by Crippen LogP contribution is -2.22. The molecule has 0 amide bonds. The van der Waals surface area contributed by atoms with Crippen LogP contribution in [0.1, 0.15) is 5.56 Å². The first-order valence-electron chi connectivity index (χ1n) is 8.70. The quantitative estimate of drug-likeness (QED) is 0.488. The SMILES string of the molecule is O=c1c2ncccc2ncn1Cc1ccc(-c2ccc3cncn3c2)cc1F. The highest BCUT2D eigenvalue weighted by Crippen LogP contribution is 2.23. The Morgan fingerprint density at radius 3 is 2.79 bits per heavy atom. The molecule has 0 atom stereocenters. The molecule has 4 aromatic heterocycles. The second kappa shape index (κ2) is 6.38. The van der Waals surface area contributed by atoms with Crippen molar-refractivity contribution < 1.29 is 4.39 Å². The number of halogens is 1. The largest absolute Gasteiger partial charge is 0.306 e. The van der Waals surface area contributed by atoms with Crippen LogP contribution in [0.2, 0.25) is 0 Å². The Hall–Kier alpha value is -3.87. The van der Waals surface area contributed by atoms with Crippen molar-refractivity contribution in [3.63, 3.8) is 0 Å². The highest BCUT2D eigenvalue weighted by molar-refractivity contribution is 5.72. The topological polar surface area (TPSA) is 65.1 Å². The maximum Gasteiger partial charge on any atom is 0.280 e. The molecular formula is C21H14FN5O. The van der Waals surface area contributed by atoms with Gasteiger partial charge in [0.25, 0.3) is 5.56 Å². The zero-order valence-corrected chi connectivity index (χ0v) is 14.7. The summed E-state index contributed by atoms with van der Waals surface area (Å²) in [6.45, 7) is 0.0883. The minimum atomic E-state index is -0.378. The monoisotopic (exact) mass is 371 g/mol. The number of aromatic nitrogens is 5. The average molecular weight is 371 g/mol. The molecule has 6 nitrogen and oxygen atoms in total. The van der Waals surface area contributed by atoms with E-state index in [1.807, 2.05) is 28.8 Å². The van der Waals surface area contributed by atoms with Crippen molar-refractivity contribution in [1.29, 1.82) is 0 Å². The van der Waals surface area contributed by atoms with Crippen molar-refractivity contribution in [3.05, 3.63) is 95.4 Å². The van der Waals surface area contributed by atoms with Gasteiger partial charge in [-0.1, -0.05) is 18.2 Å². The number of pyridine rings is 2. The van der Waals surface area contributed by atoms with E-state index in [4.69, 9.17) is 0 Å². The lowest BCUT2D eigenvalue weighted by Gasteiger charge is -2.09. The molecule has 0 spiro atoms. The molecule has 0 radical (unpaired) electrons. The fourth-order valence-corrected chi connectivity index (χ4v) is 3.23. The maximum absolute atomic E-state index is 14.8. The van der Waals surface area contributed by atoms with Gasteiger partial charge in [0.15, 0.2) is 5.52 Å². The van der Waals surface area contributed by atoms with Gasteiger partial charge in [-0.3, -0.25) is 9.36 Å². The van der Waals surface area contributed by atoms with E-state index in [9.17, 15) is 9.18 Å². The smallest absolute Gasteiger partial charge is 0.280 e. The van der Waals surface area contributed by atoms with Gasteiger partial charge < -0.3 is 4.40 Å². The zero-order valence-electron chi connectivity index (χ0n) is 14.7. The van der Waals surface area contributed by atoms with Gasteiger partial charge in [-0.15, -0.1) is 0 Å². The minimum absolute atomic E-state index is 0.0883. The molecule has 136 valence electrons. The van der Waals surface area contributed by atoms with E-state index in [1.165, 1.54) is 17.0 Å². The predicted octanol–water partition coefficient (Wildman–Crippen LogP) is 3.29. The number of benzene rings is 1. The first-order valence-corrected chi connectivity index (χ1v) is 8.70. The van der Waals surface area contributed by atoms with Crippen LogP contribution in [0.15, 0.2) is 78.5 Å².